The van der Waals surface area contributed by atoms with Gasteiger partial charge in [0.1, 0.15) is 6.54 Å². The van der Waals surface area contributed by atoms with Crippen LogP contribution in [0.1, 0.15) is 24.0 Å². The van der Waals surface area contributed by atoms with Crippen molar-refractivity contribution in [1.82, 2.24) is 19.7 Å². The van der Waals surface area contributed by atoms with Gasteiger partial charge in [0, 0.05) is 12.7 Å². The van der Waals surface area contributed by atoms with Gasteiger partial charge in [-0.25, -0.2) is 0 Å². The Balaban J connectivity index is 2.08. The highest BCUT2D eigenvalue weighted by Gasteiger charge is 2.16. The number of carbonyl (C=O) groups excluding carboxylic acids is 1. The summed E-state index contributed by atoms with van der Waals surface area (Å²) in [5.74, 6) is 0.00810. The molecule has 0 aromatic carbocycles. The number of hydrogen-bond donors (Lipinski definition) is 1. The van der Waals surface area contributed by atoms with E-state index in [1.165, 1.54) is 0 Å². The summed E-state index contributed by atoms with van der Waals surface area (Å²) >= 11 is 0. The Morgan fingerprint density at radius 1 is 1.38 bits per heavy atom. The number of aryl methyl sites for hydroxylation is 1. The molecule has 0 spiro atoms. The maximum atomic E-state index is 12.4. The van der Waals surface area contributed by atoms with E-state index in [0.29, 0.717) is 18.8 Å². The molecule has 0 saturated heterocycles. The number of carbonyl (C=O) groups is 1. The van der Waals surface area contributed by atoms with Crippen molar-refractivity contribution in [2.45, 2.75) is 33.9 Å². The van der Waals surface area contributed by atoms with E-state index in [2.05, 4.69) is 10.1 Å². The van der Waals surface area contributed by atoms with E-state index >= 15 is 0 Å². The third-order valence-electron chi connectivity index (χ3n) is 3.54. The maximum absolute atomic E-state index is 12.4. The topological polar surface area (TPSA) is 77.0 Å². The predicted molar refractivity (Wildman–Crippen MR) is 81.4 cm³/mol. The van der Waals surface area contributed by atoms with Gasteiger partial charge in [0.15, 0.2) is 0 Å². The molecule has 2 rings (SSSR count). The first-order valence-electron chi connectivity index (χ1n) is 7.00. The van der Waals surface area contributed by atoms with E-state index in [1.807, 2.05) is 39.0 Å². The van der Waals surface area contributed by atoms with Gasteiger partial charge in [-0.1, -0.05) is 6.07 Å². The summed E-state index contributed by atoms with van der Waals surface area (Å²) in [6, 6.07) is 5.69. The van der Waals surface area contributed by atoms with Gasteiger partial charge >= 0.3 is 0 Å². The minimum absolute atomic E-state index is 0.00810. The molecule has 0 radical (unpaired) electrons. The predicted octanol–water partition coefficient (Wildman–Crippen LogP) is 1.53. The lowest BCUT2D eigenvalue weighted by Crippen LogP contribution is -2.34. The van der Waals surface area contributed by atoms with Crippen LogP contribution in [-0.4, -0.2) is 32.1 Å². The Labute approximate surface area is 124 Å². The van der Waals surface area contributed by atoms with Crippen molar-refractivity contribution in [2.24, 2.45) is 0 Å². The van der Waals surface area contributed by atoms with Crippen LogP contribution in [0.4, 0.5) is 5.69 Å². The van der Waals surface area contributed by atoms with Gasteiger partial charge in [-0.2, -0.15) is 5.10 Å². The Morgan fingerprint density at radius 3 is 2.67 bits per heavy atom. The third-order valence-corrected chi connectivity index (χ3v) is 3.54. The van der Waals surface area contributed by atoms with Crippen LogP contribution in [0.25, 0.3) is 0 Å². The zero-order valence-corrected chi connectivity index (χ0v) is 12.7. The molecule has 21 heavy (non-hydrogen) atoms. The van der Waals surface area contributed by atoms with Gasteiger partial charge in [0.25, 0.3) is 0 Å². The molecule has 0 saturated carbocycles. The fourth-order valence-corrected chi connectivity index (χ4v) is 2.16. The Bertz CT molecular complexity index is 620. The number of nitrogen functional groups attached to an aromatic ring is 1. The summed E-state index contributed by atoms with van der Waals surface area (Å²) in [7, 11) is 0. The highest BCUT2D eigenvalue weighted by atomic mass is 16.2. The maximum Gasteiger partial charge on any atom is 0.244 e. The van der Waals surface area contributed by atoms with Crippen molar-refractivity contribution in [1.29, 1.82) is 0 Å². The average Bonchev–Trinajstić information content (AvgIpc) is 2.73. The van der Waals surface area contributed by atoms with Crippen molar-refractivity contribution in [3.8, 4) is 0 Å². The number of nitrogens with two attached hydrogens (primary N) is 1. The highest BCUT2D eigenvalue weighted by Crippen LogP contribution is 2.15. The lowest BCUT2D eigenvalue weighted by atomic mass is 10.3. The Kier molecular flexibility index (Phi) is 4.57. The van der Waals surface area contributed by atoms with Gasteiger partial charge in [-0.05, 0) is 32.9 Å². The second-order valence-corrected chi connectivity index (χ2v) is 4.97. The van der Waals surface area contributed by atoms with Gasteiger partial charge in [0.2, 0.25) is 5.91 Å². The number of pyridine rings is 1. The van der Waals surface area contributed by atoms with Gasteiger partial charge in [-0.3, -0.25) is 14.5 Å². The van der Waals surface area contributed by atoms with Gasteiger partial charge < -0.3 is 10.6 Å². The molecule has 0 bridgehead atoms. The molecule has 2 aromatic heterocycles. The Hall–Kier alpha value is -2.37. The number of nitrogens with zero attached hydrogens (tertiary/aromatic N) is 4. The zero-order valence-electron chi connectivity index (χ0n) is 12.7. The molecule has 0 unspecified atom stereocenters. The highest BCUT2D eigenvalue weighted by molar-refractivity contribution is 5.76. The lowest BCUT2D eigenvalue weighted by molar-refractivity contribution is -0.132. The van der Waals surface area contributed by atoms with Crippen molar-refractivity contribution in [3.63, 3.8) is 0 Å². The molecule has 6 nitrogen and oxygen atoms in total. The van der Waals surface area contributed by atoms with Crippen LogP contribution < -0.4 is 5.73 Å². The lowest BCUT2D eigenvalue weighted by Gasteiger charge is -2.20. The molecule has 0 aliphatic rings. The number of hydrogen-bond acceptors (Lipinski definition) is 4. The fraction of sp³-hybridized carbons (Fsp3) is 0.400. The number of aromatic nitrogens is 3. The van der Waals surface area contributed by atoms with Crippen LogP contribution in [0.15, 0.2) is 24.4 Å². The molecule has 0 fully saturated rings. The monoisotopic (exact) mass is 287 g/mol. The summed E-state index contributed by atoms with van der Waals surface area (Å²) in [5, 5.41) is 4.30. The van der Waals surface area contributed by atoms with Crippen LogP contribution in [0, 0.1) is 13.8 Å². The van der Waals surface area contributed by atoms with E-state index in [9.17, 15) is 4.79 Å². The van der Waals surface area contributed by atoms with Crippen molar-refractivity contribution < 1.29 is 4.79 Å². The average molecular weight is 287 g/mol. The summed E-state index contributed by atoms with van der Waals surface area (Å²) in [6.07, 6.45) is 1.73. The summed E-state index contributed by atoms with van der Waals surface area (Å²) < 4.78 is 1.66. The molecular formula is C15H21N5O. The number of anilines is 1. The number of likely N-dealkylation sites (N-methyl/N-ethyl adjacent to an activating group) is 1. The normalized spacial score (nSPS) is 10.6. The molecular weight excluding hydrogens is 266 g/mol. The fourth-order valence-electron chi connectivity index (χ4n) is 2.16. The molecule has 6 heteroatoms. The third kappa shape index (κ3) is 3.39. The summed E-state index contributed by atoms with van der Waals surface area (Å²) in [6.45, 7) is 7.00. The first-order valence-corrected chi connectivity index (χ1v) is 7.00. The van der Waals surface area contributed by atoms with E-state index in [1.54, 1.807) is 15.8 Å². The minimum atomic E-state index is 0.00810. The minimum Gasteiger partial charge on any atom is -0.396 e. The molecule has 2 N–H and O–H groups in total. The zero-order chi connectivity index (χ0) is 15.4. The van der Waals surface area contributed by atoms with E-state index < -0.39 is 0 Å². The van der Waals surface area contributed by atoms with Crippen molar-refractivity contribution in [2.75, 3.05) is 12.3 Å². The molecule has 0 aliphatic carbocycles. The van der Waals surface area contributed by atoms with E-state index in [0.717, 1.165) is 17.1 Å². The molecule has 0 aliphatic heterocycles. The van der Waals surface area contributed by atoms with Crippen LogP contribution in [0.2, 0.25) is 0 Å². The van der Waals surface area contributed by atoms with Crippen LogP contribution in [0.5, 0.6) is 0 Å². The molecule has 2 aromatic rings. The molecule has 1 amide bonds. The van der Waals surface area contributed by atoms with Crippen LogP contribution >= 0.6 is 0 Å². The Morgan fingerprint density at radius 2 is 2.14 bits per heavy atom. The van der Waals surface area contributed by atoms with Crippen molar-refractivity contribution in [3.05, 3.63) is 41.5 Å². The number of amides is 1. The van der Waals surface area contributed by atoms with Gasteiger partial charge in [0.05, 0.1) is 29.3 Å². The molecule has 0 atom stereocenters. The molecule has 112 valence electrons. The molecule has 2 heterocycles. The summed E-state index contributed by atoms with van der Waals surface area (Å²) in [5.41, 5.74) is 9.00. The standard InChI is InChI=1S/C15H21N5O/c1-4-19(9-13-7-5-6-8-17-13)14(21)10-20-12(3)15(16)11(2)18-20/h5-8H,4,9-10,16H2,1-3H3. The summed E-state index contributed by atoms with van der Waals surface area (Å²) in [4.78, 5) is 18.4. The quantitative estimate of drug-likeness (QED) is 0.904. The second-order valence-electron chi connectivity index (χ2n) is 4.97. The first kappa shape index (κ1) is 15.0. The smallest absolute Gasteiger partial charge is 0.244 e. The van der Waals surface area contributed by atoms with Crippen LogP contribution in [0.3, 0.4) is 0 Å². The second kappa shape index (κ2) is 6.39. The van der Waals surface area contributed by atoms with E-state index in [4.69, 9.17) is 5.73 Å². The largest absolute Gasteiger partial charge is 0.396 e. The number of rotatable bonds is 5. The SMILES string of the molecule is CCN(Cc1ccccn1)C(=O)Cn1nc(C)c(N)c1C. The van der Waals surface area contributed by atoms with Gasteiger partial charge in [-0.15, -0.1) is 0 Å². The van der Waals surface area contributed by atoms with E-state index in [-0.39, 0.29) is 12.5 Å². The first-order chi connectivity index (χ1) is 10.0. The van der Waals surface area contributed by atoms with Crippen molar-refractivity contribution >= 4 is 11.6 Å². The van der Waals surface area contributed by atoms with Crippen LogP contribution in [-0.2, 0) is 17.9 Å².